The van der Waals surface area contributed by atoms with Crippen molar-refractivity contribution in [3.8, 4) is 0 Å². The highest BCUT2D eigenvalue weighted by molar-refractivity contribution is 6.39. The lowest BCUT2D eigenvalue weighted by Gasteiger charge is -2.09. The predicted molar refractivity (Wildman–Crippen MR) is 87.7 cm³/mol. The van der Waals surface area contributed by atoms with E-state index < -0.39 is 17.6 Å². The number of amides is 1. The number of pyridine rings is 1. The summed E-state index contributed by atoms with van der Waals surface area (Å²) in [4.78, 5) is 16.5. The summed E-state index contributed by atoms with van der Waals surface area (Å²) in [5.41, 5.74) is 0.685. The first-order valence-corrected chi connectivity index (χ1v) is 7.69. The van der Waals surface area contributed by atoms with E-state index in [-0.39, 0.29) is 16.3 Å². The van der Waals surface area contributed by atoms with E-state index in [4.69, 9.17) is 11.6 Å². The zero-order chi connectivity index (χ0) is 18.2. The van der Waals surface area contributed by atoms with E-state index in [9.17, 15) is 18.0 Å². The van der Waals surface area contributed by atoms with E-state index in [1.54, 1.807) is 0 Å². The SMILES string of the molecule is CCc1[nH]nc2ncc(C(=O)Nc3ccc(C(F)(F)F)cc3)c(Cl)c12. The van der Waals surface area contributed by atoms with Crippen LogP contribution in [0.4, 0.5) is 18.9 Å². The van der Waals surface area contributed by atoms with Gasteiger partial charge in [0.05, 0.1) is 21.5 Å². The second-order valence-electron chi connectivity index (χ2n) is 5.27. The maximum absolute atomic E-state index is 12.6. The van der Waals surface area contributed by atoms with Gasteiger partial charge in [-0.2, -0.15) is 18.3 Å². The van der Waals surface area contributed by atoms with Crippen molar-refractivity contribution in [1.29, 1.82) is 0 Å². The Labute approximate surface area is 145 Å². The summed E-state index contributed by atoms with van der Waals surface area (Å²) in [5, 5.41) is 10.1. The molecule has 0 saturated carbocycles. The lowest BCUT2D eigenvalue weighted by molar-refractivity contribution is -0.137. The zero-order valence-electron chi connectivity index (χ0n) is 12.9. The van der Waals surface area contributed by atoms with E-state index >= 15 is 0 Å². The Morgan fingerprint density at radius 3 is 2.56 bits per heavy atom. The molecular weight excluding hydrogens is 357 g/mol. The minimum Gasteiger partial charge on any atom is -0.322 e. The molecule has 0 unspecified atom stereocenters. The van der Waals surface area contributed by atoms with Gasteiger partial charge in [-0.05, 0) is 30.7 Å². The minimum absolute atomic E-state index is 0.116. The number of rotatable bonds is 3. The lowest BCUT2D eigenvalue weighted by Crippen LogP contribution is -2.13. The molecule has 0 saturated heterocycles. The number of benzene rings is 1. The van der Waals surface area contributed by atoms with Gasteiger partial charge >= 0.3 is 6.18 Å². The van der Waals surface area contributed by atoms with Gasteiger partial charge in [0.1, 0.15) is 0 Å². The average molecular weight is 369 g/mol. The molecule has 0 aliphatic heterocycles. The van der Waals surface area contributed by atoms with E-state index in [0.29, 0.717) is 17.5 Å². The van der Waals surface area contributed by atoms with Crippen LogP contribution in [0.5, 0.6) is 0 Å². The lowest BCUT2D eigenvalue weighted by atomic mass is 10.1. The van der Waals surface area contributed by atoms with E-state index in [2.05, 4.69) is 20.5 Å². The van der Waals surface area contributed by atoms with Gasteiger partial charge in [-0.1, -0.05) is 18.5 Å². The molecule has 0 aliphatic carbocycles. The number of halogens is 4. The predicted octanol–water partition coefficient (Wildman–Crippen LogP) is 4.44. The summed E-state index contributed by atoms with van der Waals surface area (Å²) in [6.45, 7) is 1.90. The maximum Gasteiger partial charge on any atom is 0.416 e. The van der Waals surface area contributed by atoms with Crippen LogP contribution in [0.3, 0.4) is 0 Å². The van der Waals surface area contributed by atoms with Crippen LogP contribution >= 0.6 is 11.6 Å². The standard InChI is InChI=1S/C16H12ClF3N4O/c1-2-11-12-13(17)10(7-21-14(12)24-23-11)15(25)22-9-5-3-8(4-6-9)16(18,19)20/h3-7H,2H2,1H3,(H,22,25)(H,21,23,24). The number of carbonyl (C=O) groups excluding carboxylic acids is 1. The van der Waals surface area contributed by atoms with Gasteiger partial charge in [0.15, 0.2) is 5.65 Å². The Morgan fingerprint density at radius 2 is 1.96 bits per heavy atom. The number of nitrogens with zero attached hydrogens (tertiary/aromatic N) is 2. The first-order valence-electron chi connectivity index (χ1n) is 7.31. The first kappa shape index (κ1) is 17.2. The summed E-state index contributed by atoms with van der Waals surface area (Å²) in [6.07, 6.45) is -2.52. The topological polar surface area (TPSA) is 70.7 Å². The molecule has 0 aliphatic rings. The van der Waals surface area contributed by atoms with Crippen LogP contribution in [0.15, 0.2) is 30.5 Å². The zero-order valence-corrected chi connectivity index (χ0v) is 13.7. The van der Waals surface area contributed by atoms with Crippen molar-refractivity contribution >= 4 is 34.2 Å². The molecule has 2 aromatic heterocycles. The van der Waals surface area contributed by atoms with Crippen molar-refractivity contribution in [2.75, 3.05) is 5.32 Å². The largest absolute Gasteiger partial charge is 0.416 e. The third-order valence-corrected chi connectivity index (χ3v) is 4.05. The Hall–Kier alpha value is -2.61. The molecular formula is C16H12ClF3N4O. The van der Waals surface area contributed by atoms with Crippen LogP contribution < -0.4 is 5.32 Å². The normalized spacial score (nSPS) is 11.7. The molecule has 9 heteroatoms. The van der Waals surface area contributed by atoms with Crippen LogP contribution in [-0.4, -0.2) is 21.1 Å². The Kier molecular flexibility index (Phi) is 4.38. The summed E-state index contributed by atoms with van der Waals surface area (Å²) in [7, 11) is 0. The fourth-order valence-electron chi connectivity index (χ4n) is 2.36. The van der Waals surface area contributed by atoms with Crippen LogP contribution in [-0.2, 0) is 12.6 Å². The molecule has 25 heavy (non-hydrogen) atoms. The Balaban J connectivity index is 1.88. The molecule has 3 rings (SSSR count). The number of carbonyl (C=O) groups is 1. The third kappa shape index (κ3) is 3.30. The summed E-state index contributed by atoms with van der Waals surface area (Å²) >= 11 is 6.30. The molecule has 0 fully saturated rings. The van der Waals surface area contributed by atoms with Crippen LogP contribution in [0.2, 0.25) is 5.02 Å². The van der Waals surface area contributed by atoms with Crippen molar-refractivity contribution in [1.82, 2.24) is 15.2 Å². The van der Waals surface area contributed by atoms with Gasteiger partial charge in [-0.15, -0.1) is 0 Å². The van der Waals surface area contributed by atoms with Crippen molar-refractivity contribution < 1.29 is 18.0 Å². The van der Waals surface area contributed by atoms with Crippen molar-refractivity contribution in [2.24, 2.45) is 0 Å². The highest BCUT2D eigenvalue weighted by Crippen LogP contribution is 2.31. The Morgan fingerprint density at radius 1 is 1.28 bits per heavy atom. The van der Waals surface area contributed by atoms with Gasteiger partial charge in [0, 0.05) is 17.6 Å². The van der Waals surface area contributed by atoms with E-state index in [1.807, 2.05) is 6.92 Å². The number of H-pyrrole nitrogens is 1. The highest BCUT2D eigenvalue weighted by atomic mass is 35.5. The van der Waals surface area contributed by atoms with Gasteiger partial charge in [0.2, 0.25) is 0 Å². The van der Waals surface area contributed by atoms with Crippen LogP contribution in [0.25, 0.3) is 11.0 Å². The molecule has 3 aromatic rings. The second kappa shape index (κ2) is 6.36. The molecule has 0 spiro atoms. The molecule has 5 nitrogen and oxygen atoms in total. The third-order valence-electron chi connectivity index (χ3n) is 3.66. The van der Waals surface area contributed by atoms with Crippen molar-refractivity contribution in [2.45, 2.75) is 19.5 Å². The molecule has 130 valence electrons. The maximum atomic E-state index is 12.6. The number of alkyl halides is 3. The number of hydrogen-bond acceptors (Lipinski definition) is 3. The number of aromatic nitrogens is 3. The van der Waals surface area contributed by atoms with Gasteiger partial charge in [-0.3, -0.25) is 9.89 Å². The van der Waals surface area contributed by atoms with Crippen molar-refractivity contribution in [3.63, 3.8) is 0 Å². The van der Waals surface area contributed by atoms with E-state index in [1.165, 1.54) is 18.3 Å². The Bertz CT molecular complexity index is 935. The quantitative estimate of drug-likeness (QED) is 0.717. The minimum atomic E-state index is -4.43. The van der Waals surface area contributed by atoms with Gasteiger partial charge in [-0.25, -0.2) is 4.98 Å². The van der Waals surface area contributed by atoms with Gasteiger partial charge in [0.25, 0.3) is 5.91 Å². The number of fused-ring (bicyclic) bond motifs is 1. The molecule has 0 radical (unpaired) electrons. The summed E-state index contributed by atoms with van der Waals surface area (Å²) in [6, 6.07) is 4.14. The summed E-state index contributed by atoms with van der Waals surface area (Å²) in [5.74, 6) is -0.567. The number of anilines is 1. The van der Waals surface area contributed by atoms with Crippen molar-refractivity contribution in [3.05, 3.63) is 52.3 Å². The molecule has 2 N–H and O–H groups in total. The molecule has 1 amide bonds. The fraction of sp³-hybridized carbons (Fsp3) is 0.188. The fourth-order valence-corrected chi connectivity index (χ4v) is 2.70. The molecule has 0 atom stereocenters. The smallest absolute Gasteiger partial charge is 0.322 e. The number of hydrogen-bond donors (Lipinski definition) is 2. The molecule has 0 bridgehead atoms. The van der Waals surface area contributed by atoms with Crippen LogP contribution in [0, 0.1) is 0 Å². The number of nitrogens with one attached hydrogen (secondary N) is 2. The first-order chi connectivity index (χ1) is 11.8. The number of aryl methyl sites for hydroxylation is 1. The highest BCUT2D eigenvalue weighted by Gasteiger charge is 2.30. The van der Waals surface area contributed by atoms with E-state index in [0.717, 1.165) is 17.8 Å². The molecule has 1 aromatic carbocycles. The average Bonchev–Trinajstić information content (AvgIpc) is 2.98. The van der Waals surface area contributed by atoms with Gasteiger partial charge < -0.3 is 5.32 Å². The number of aromatic amines is 1. The monoisotopic (exact) mass is 368 g/mol. The summed E-state index contributed by atoms with van der Waals surface area (Å²) < 4.78 is 37.7. The second-order valence-corrected chi connectivity index (χ2v) is 5.65. The van der Waals surface area contributed by atoms with Crippen LogP contribution in [0.1, 0.15) is 28.5 Å². The molecule has 2 heterocycles.